The van der Waals surface area contributed by atoms with Crippen LogP contribution in [0.2, 0.25) is 0 Å². The second kappa shape index (κ2) is 8.03. The Morgan fingerprint density at radius 1 is 1.10 bits per heavy atom. The van der Waals surface area contributed by atoms with Crippen molar-refractivity contribution in [2.75, 3.05) is 13.1 Å². The standard InChI is InChI=1S/C25H29NO3/c1-4-18-5-7-19(8-6-18)12-23-24(28)20-9-10-22(27)21(25(20)29-23)15-26-13-16(2)11-17(3)14-26/h5-10,12,16-17,27H,4,11,13-15H2,1-3H3/b23-12+. The SMILES string of the molecule is CCc1ccc(/C=C2/Oc3c(ccc(O)c3CN3CC(C)CC(C)C3)C2=O)cc1. The van der Waals surface area contributed by atoms with Crippen molar-refractivity contribution in [3.63, 3.8) is 0 Å². The van der Waals surface area contributed by atoms with Crippen molar-refractivity contribution in [2.45, 2.75) is 40.2 Å². The van der Waals surface area contributed by atoms with E-state index in [9.17, 15) is 9.90 Å². The lowest BCUT2D eigenvalue weighted by Crippen LogP contribution is -2.38. The van der Waals surface area contributed by atoms with Gasteiger partial charge in [0.1, 0.15) is 11.5 Å². The number of phenolic OH excluding ortho intramolecular Hbond substituents is 1. The van der Waals surface area contributed by atoms with Crippen LogP contribution in [0, 0.1) is 11.8 Å². The van der Waals surface area contributed by atoms with Gasteiger partial charge >= 0.3 is 0 Å². The molecule has 0 aliphatic carbocycles. The van der Waals surface area contributed by atoms with Gasteiger partial charge in [-0.15, -0.1) is 0 Å². The summed E-state index contributed by atoms with van der Waals surface area (Å²) >= 11 is 0. The molecular formula is C25H29NO3. The van der Waals surface area contributed by atoms with Gasteiger partial charge < -0.3 is 9.84 Å². The van der Waals surface area contributed by atoms with Gasteiger partial charge in [-0.05, 0) is 54.0 Å². The highest BCUT2D eigenvalue weighted by atomic mass is 16.5. The number of ether oxygens (including phenoxy) is 1. The monoisotopic (exact) mass is 391 g/mol. The van der Waals surface area contributed by atoms with E-state index in [1.165, 1.54) is 12.0 Å². The van der Waals surface area contributed by atoms with Gasteiger partial charge in [0.2, 0.25) is 5.78 Å². The maximum absolute atomic E-state index is 12.9. The highest BCUT2D eigenvalue weighted by Gasteiger charge is 2.32. The molecule has 4 nitrogen and oxygen atoms in total. The Bertz CT molecular complexity index is 935. The number of likely N-dealkylation sites (tertiary alicyclic amines) is 1. The highest BCUT2D eigenvalue weighted by Crippen LogP contribution is 2.40. The molecule has 1 saturated heterocycles. The van der Waals surface area contributed by atoms with Crippen LogP contribution in [-0.2, 0) is 13.0 Å². The zero-order valence-corrected chi connectivity index (χ0v) is 17.4. The fourth-order valence-corrected chi connectivity index (χ4v) is 4.60. The predicted molar refractivity (Wildman–Crippen MR) is 115 cm³/mol. The number of hydrogen-bond acceptors (Lipinski definition) is 4. The number of carbonyl (C=O) groups is 1. The van der Waals surface area contributed by atoms with Gasteiger partial charge in [0.25, 0.3) is 0 Å². The average Bonchev–Trinajstić information content (AvgIpc) is 3.00. The van der Waals surface area contributed by atoms with Crippen molar-refractivity contribution < 1.29 is 14.6 Å². The third-order valence-electron chi connectivity index (χ3n) is 5.93. The number of piperidine rings is 1. The molecule has 2 atom stereocenters. The van der Waals surface area contributed by atoms with Crippen molar-refractivity contribution in [1.82, 2.24) is 4.90 Å². The lowest BCUT2D eigenvalue weighted by molar-refractivity contribution is 0.101. The number of aromatic hydroxyl groups is 1. The van der Waals surface area contributed by atoms with Crippen LogP contribution in [0.15, 0.2) is 42.2 Å². The van der Waals surface area contributed by atoms with E-state index in [0.29, 0.717) is 41.0 Å². The van der Waals surface area contributed by atoms with Gasteiger partial charge in [-0.2, -0.15) is 0 Å². The second-order valence-electron chi connectivity index (χ2n) is 8.61. The van der Waals surface area contributed by atoms with Crippen LogP contribution >= 0.6 is 0 Å². The Morgan fingerprint density at radius 2 is 1.79 bits per heavy atom. The number of aryl methyl sites for hydroxylation is 1. The third-order valence-corrected chi connectivity index (χ3v) is 5.93. The second-order valence-corrected chi connectivity index (χ2v) is 8.61. The summed E-state index contributed by atoms with van der Waals surface area (Å²) in [4.78, 5) is 15.2. The number of carbonyl (C=O) groups excluding carboxylic acids is 1. The maximum atomic E-state index is 12.9. The van der Waals surface area contributed by atoms with Crippen molar-refractivity contribution in [3.8, 4) is 11.5 Å². The summed E-state index contributed by atoms with van der Waals surface area (Å²) < 4.78 is 6.01. The normalized spacial score (nSPS) is 23.3. The fourth-order valence-electron chi connectivity index (χ4n) is 4.60. The number of phenols is 1. The lowest BCUT2D eigenvalue weighted by Gasteiger charge is -2.35. The first kappa shape index (κ1) is 19.7. The predicted octanol–water partition coefficient (Wildman–Crippen LogP) is 5.05. The quantitative estimate of drug-likeness (QED) is 0.741. The highest BCUT2D eigenvalue weighted by molar-refractivity contribution is 6.15. The van der Waals surface area contributed by atoms with Crippen LogP contribution in [0.5, 0.6) is 11.5 Å². The van der Waals surface area contributed by atoms with Crippen LogP contribution in [0.4, 0.5) is 0 Å². The first-order valence-electron chi connectivity index (χ1n) is 10.5. The van der Waals surface area contributed by atoms with Crippen LogP contribution in [0.1, 0.15) is 54.2 Å². The first-order chi connectivity index (χ1) is 13.9. The first-order valence-corrected chi connectivity index (χ1v) is 10.5. The number of ketones is 1. The molecule has 1 fully saturated rings. The molecule has 152 valence electrons. The van der Waals surface area contributed by atoms with E-state index in [-0.39, 0.29) is 11.5 Å². The van der Waals surface area contributed by atoms with Gasteiger partial charge in [-0.25, -0.2) is 0 Å². The van der Waals surface area contributed by atoms with Crippen LogP contribution in [0.3, 0.4) is 0 Å². The van der Waals surface area contributed by atoms with Crippen molar-refractivity contribution in [1.29, 1.82) is 0 Å². The molecule has 0 bridgehead atoms. The van der Waals surface area contributed by atoms with Gasteiger partial charge in [0.15, 0.2) is 5.76 Å². The van der Waals surface area contributed by atoms with Crippen LogP contribution in [-0.4, -0.2) is 28.9 Å². The number of rotatable bonds is 4. The largest absolute Gasteiger partial charge is 0.507 e. The molecule has 4 heteroatoms. The van der Waals surface area contributed by atoms with Gasteiger partial charge in [0, 0.05) is 19.6 Å². The van der Waals surface area contributed by atoms with Gasteiger partial charge in [0.05, 0.1) is 11.1 Å². The Kier molecular flexibility index (Phi) is 5.46. The molecule has 2 heterocycles. The van der Waals surface area contributed by atoms with E-state index in [1.807, 2.05) is 12.1 Å². The van der Waals surface area contributed by atoms with Crippen LogP contribution in [0.25, 0.3) is 6.08 Å². The molecule has 4 rings (SSSR count). The number of Topliss-reactive ketones (excluding diaryl/α,β-unsaturated/α-hetero) is 1. The average molecular weight is 392 g/mol. The van der Waals surface area contributed by atoms with Gasteiger partial charge in [-0.1, -0.05) is 45.0 Å². The van der Waals surface area contributed by atoms with Crippen molar-refractivity contribution in [2.24, 2.45) is 11.8 Å². The molecule has 2 aliphatic heterocycles. The minimum atomic E-state index is -0.124. The fraction of sp³-hybridized carbons (Fsp3) is 0.400. The van der Waals surface area contributed by atoms with E-state index in [1.54, 1.807) is 18.2 Å². The molecule has 0 amide bonds. The van der Waals surface area contributed by atoms with E-state index < -0.39 is 0 Å². The zero-order valence-electron chi connectivity index (χ0n) is 17.4. The van der Waals surface area contributed by atoms with Crippen molar-refractivity contribution >= 4 is 11.9 Å². The third kappa shape index (κ3) is 4.08. The van der Waals surface area contributed by atoms with Crippen LogP contribution < -0.4 is 4.74 Å². The topological polar surface area (TPSA) is 49.8 Å². The zero-order chi connectivity index (χ0) is 20.5. The molecule has 0 aromatic heterocycles. The van der Waals surface area contributed by atoms with E-state index in [0.717, 1.165) is 25.1 Å². The molecular weight excluding hydrogens is 362 g/mol. The molecule has 1 N–H and O–H groups in total. The van der Waals surface area contributed by atoms with E-state index in [4.69, 9.17) is 4.74 Å². The molecule has 2 aromatic carbocycles. The molecule has 0 radical (unpaired) electrons. The summed E-state index contributed by atoms with van der Waals surface area (Å²) in [5, 5.41) is 10.5. The Morgan fingerprint density at radius 3 is 2.45 bits per heavy atom. The smallest absolute Gasteiger partial charge is 0.231 e. The molecule has 2 aliphatic rings. The number of benzene rings is 2. The molecule has 2 unspecified atom stereocenters. The number of fused-ring (bicyclic) bond motifs is 1. The van der Waals surface area contributed by atoms with Gasteiger partial charge in [-0.3, -0.25) is 9.69 Å². The Labute approximate surface area is 172 Å². The number of allylic oxidation sites excluding steroid dienone is 1. The number of hydrogen-bond donors (Lipinski definition) is 1. The lowest BCUT2D eigenvalue weighted by atomic mass is 9.91. The summed E-state index contributed by atoms with van der Waals surface area (Å²) in [6.45, 7) is 9.23. The van der Waals surface area contributed by atoms with Crippen molar-refractivity contribution in [3.05, 3.63) is 64.4 Å². The summed E-state index contributed by atoms with van der Waals surface area (Å²) in [5.41, 5.74) is 3.43. The summed E-state index contributed by atoms with van der Waals surface area (Å²) in [5.74, 6) is 2.15. The Balaban J connectivity index is 1.61. The molecule has 0 spiro atoms. The molecule has 2 aromatic rings. The minimum Gasteiger partial charge on any atom is -0.507 e. The minimum absolute atomic E-state index is 0.124. The van der Waals surface area contributed by atoms with E-state index >= 15 is 0 Å². The van der Waals surface area contributed by atoms with E-state index in [2.05, 4.69) is 37.8 Å². The maximum Gasteiger partial charge on any atom is 0.231 e. The summed E-state index contributed by atoms with van der Waals surface area (Å²) in [7, 11) is 0. The Hall–Kier alpha value is -2.59. The summed E-state index contributed by atoms with van der Waals surface area (Å²) in [6, 6.07) is 11.4. The number of nitrogens with zero attached hydrogens (tertiary/aromatic N) is 1. The summed E-state index contributed by atoms with van der Waals surface area (Å²) in [6.07, 6.45) is 4.00. The molecule has 0 saturated carbocycles. The molecule has 29 heavy (non-hydrogen) atoms.